The van der Waals surface area contributed by atoms with Crippen LogP contribution in [-0.2, 0) is 6.42 Å². The molecule has 1 aliphatic rings. The normalized spacial score (nSPS) is 15.0. The molecule has 1 saturated carbocycles. The largest absolute Gasteiger partial charge is 0.357 e. The van der Waals surface area contributed by atoms with Crippen LogP contribution in [-0.4, -0.2) is 30.1 Å². The lowest BCUT2D eigenvalue weighted by Gasteiger charge is -2.09. The van der Waals surface area contributed by atoms with E-state index in [1.54, 1.807) is 11.3 Å². The maximum Gasteiger partial charge on any atom is 0.191 e. The number of guanidine groups is 1. The van der Waals surface area contributed by atoms with Gasteiger partial charge in [0.2, 0.25) is 0 Å². The number of halogens is 1. The average molecular weight is 394 g/mol. The second-order valence-electron chi connectivity index (χ2n) is 4.68. The number of hydrogen-bond donors (Lipinski definition) is 2. The van der Waals surface area contributed by atoms with Crippen LogP contribution in [0, 0.1) is 13.8 Å². The average Bonchev–Trinajstić information content (AvgIpc) is 3.07. The minimum atomic E-state index is 0. The van der Waals surface area contributed by atoms with Gasteiger partial charge in [-0.05, 0) is 33.6 Å². The summed E-state index contributed by atoms with van der Waals surface area (Å²) in [5.41, 5.74) is 1.15. The van der Waals surface area contributed by atoms with Crippen LogP contribution in [0.2, 0.25) is 0 Å². The SMILES string of the molecule is CCNC(=NCCc1nc(C)c(C)s1)NC1CC1.I. The molecule has 19 heavy (non-hydrogen) atoms. The summed E-state index contributed by atoms with van der Waals surface area (Å²) in [6.45, 7) is 8.00. The summed E-state index contributed by atoms with van der Waals surface area (Å²) in [6.07, 6.45) is 3.48. The summed E-state index contributed by atoms with van der Waals surface area (Å²) in [6, 6.07) is 0.646. The van der Waals surface area contributed by atoms with Crippen molar-refractivity contribution in [3.05, 3.63) is 15.6 Å². The predicted octanol–water partition coefficient (Wildman–Crippen LogP) is 2.64. The van der Waals surface area contributed by atoms with Crippen molar-refractivity contribution < 1.29 is 0 Å². The van der Waals surface area contributed by atoms with Gasteiger partial charge in [0.05, 0.1) is 10.7 Å². The van der Waals surface area contributed by atoms with Gasteiger partial charge < -0.3 is 10.6 Å². The first-order valence-corrected chi connectivity index (χ1v) is 7.48. The Morgan fingerprint density at radius 3 is 2.68 bits per heavy atom. The van der Waals surface area contributed by atoms with Gasteiger partial charge in [0.25, 0.3) is 0 Å². The number of aryl methyl sites for hydroxylation is 2. The Morgan fingerprint density at radius 2 is 2.16 bits per heavy atom. The molecule has 0 aromatic carbocycles. The number of hydrogen-bond acceptors (Lipinski definition) is 3. The molecule has 0 bridgehead atoms. The number of nitrogens with one attached hydrogen (secondary N) is 2. The van der Waals surface area contributed by atoms with Gasteiger partial charge in [-0.3, -0.25) is 4.99 Å². The van der Waals surface area contributed by atoms with Gasteiger partial charge >= 0.3 is 0 Å². The minimum Gasteiger partial charge on any atom is -0.357 e. The third-order valence-electron chi connectivity index (χ3n) is 2.93. The Labute approximate surface area is 136 Å². The molecule has 0 saturated heterocycles. The van der Waals surface area contributed by atoms with Crippen LogP contribution < -0.4 is 10.6 Å². The lowest BCUT2D eigenvalue weighted by Crippen LogP contribution is -2.38. The number of aromatic nitrogens is 1. The van der Waals surface area contributed by atoms with Crippen LogP contribution >= 0.6 is 35.3 Å². The molecular formula is C13H23IN4S. The smallest absolute Gasteiger partial charge is 0.191 e. The van der Waals surface area contributed by atoms with E-state index < -0.39 is 0 Å². The molecule has 2 rings (SSSR count). The first-order valence-electron chi connectivity index (χ1n) is 6.66. The van der Waals surface area contributed by atoms with E-state index in [1.807, 2.05) is 0 Å². The first-order chi connectivity index (χ1) is 8.69. The van der Waals surface area contributed by atoms with Crippen molar-refractivity contribution in [2.24, 2.45) is 4.99 Å². The quantitative estimate of drug-likeness (QED) is 0.459. The van der Waals surface area contributed by atoms with Crippen LogP contribution in [0.3, 0.4) is 0 Å². The van der Waals surface area contributed by atoms with Crippen molar-refractivity contribution in [1.29, 1.82) is 0 Å². The van der Waals surface area contributed by atoms with Crippen molar-refractivity contribution in [2.45, 2.75) is 46.1 Å². The zero-order valence-corrected chi connectivity index (χ0v) is 15.0. The molecule has 1 heterocycles. The van der Waals surface area contributed by atoms with Crippen LogP contribution in [0.4, 0.5) is 0 Å². The van der Waals surface area contributed by atoms with Gasteiger partial charge in [-0.15, -0.1) is 35.3 Å². The Kier molecular flexibility index (Phi) is 7.06. The molecule has 0 unspecified atom stereocenters. The zero-order valence-electron chi connectivity index (χ0n) is 11.8. The molecule has 2 N–H and O–H groups in total. The predicted molar refractivity (Wildman–Crippen MR) is 92.8 cm³/mol. The molecule has 0 spiro atoms. The highest BCUT2D eigenvalue weighted by molar-refractivity contribution is 14.0. The highest BCUT2D eigenvalue weighted by Gasteiger charge is 2.21. The molecule has 1 aromatic rings. The molecule has 4 nitrogen and oxygen atoms in total. The lowest BCUT2D eigenvalue weighted by atomic mass is 10.4. The summed E-state index contributed by atoms with van der Waals surface area (Å²) >= 11 is 1.78. The van der Waals surface area contributed by atoms with Gasteiger partial charge in [0, 0.05) is 30.4 Å². The van der Waals surface area contributed by atoms with E-state index in [4.69, 9.17) is 0 Å². The third-order valence-corrected chi connectivity index (χ3v) is 4.06. The van der Waals surface area contributed by atoms with Crippen molar-refractivity contribution >= 4 is 41.3 Å². The van der Waals surface area contributed by atoms with Crippen molar-refractivity contribution in [3.8, 4) is 0 Å². The summed E-state index contributed by atoms with van der Waals surface area (Å²) in [5.74, 6) is 0.949. The van der Waals surface area contributed by atoms with E-state index in [-0.39, 0.29) is 24.0 Å². The van der Waals surface area contributed by atoms with Crippen LogP contribution in [0.1, 0.15) is 35.3 Å². The maximum absolute atomic E-state index is 4.59. The molecule has 0 radical (unpaired) electrons. The Bertz CT molecular complexity index is 407. The van der Waals surface area contributed by atoms with Gasteiger partial charge in [-0.2, -0.15) is 0 Å². The second kappa shape index (κ2) is 8.04. The van der Waals surface area contributed by atoms with E-state index in [0.29, 0.717) is 6.04 Å². The number of thiazole rings is 1. The summed E-state index contributed by atoms with van der Waals surface area (Å²) < 4.78 is 0. The summed E-state index contributed by atoms with van der Waals surface area (Å²) in [5, 5.41) is 7.89. The highest BCUT2D eigenvalue weighted by Crippen LogP contribution is 2.18. The maximum atomic E-state index is 4.59. The monoisotopic (exact) mass is 394 g/mol. The van der Waals surface area contributed by atoms with E-state index >= 15 is 0 Å². The molecule has 0 aliphatic heterocycles. The fourth-order valence-electron chi connectivity index (χ4n) is 1.65. The zero-order chi connectivity index (χ0) is 13.0. The van der Waals surface area contributed by atoms with Gasteiger partial charge in [0.15, 0.2) is 5.96 Å². The van der Waals surface area contributed by atoms with Crippen LogP contribution in [0.25, 0.3) is 0 Å². The molecule has 1 aliphatic carbocycles. The standard InChI is InChI=1S/C13H22N4S.HI/c1-4-14-13(17-11-5-6-11)15-8-7-12-16-9(2)10(3)18-12;/h11H,4-8H2,1-3H3,(H2,14,15,17);1H. The first kappa shape index (κ1) is 16.7. The van der Waals surface area contributed by atoms with Crippen molar-refractivity contribution in [1.82, 2.24) is 15.6 Å². The Morgan fingerprint density at radius 1 is 1.42 bits per heavy atom. The van der Waals surface area contributed by atoms with Gasteiger partial charge in [-0.1, -0.05) is 0 Å². The molecular weight excluding hydrogens is 371 g/mol. The van der Waals surface area contributed by atoms with E-state index in [2.05, 4.69) is 41.4 Å². The molecule has 6 heteroatoms. The van der Waals surface area contributed by atoms with Gasteiger partial charge in [0.1, 0.15) is 0 Å². The van der Waals surface area contributed by atoms with Crippen molar-refractivity contribution in [2.75, 3.05) is 13.1 Å². The van der Waals surface area contributed by atoms with Crippen molar-refractivity contribution in [3.63, 3.8) is 0 Å². The fraction of sp³-hybridized carbons (Fsp3) is 0.692. The lowest BCUT2D eigenvalue weighted by molar-refractivity contribution is 0.807. The van der Waals surface area contributed by atoms with Gasteiger partial charge in [-0.25, -0.2) is 4.98 Å². The van der Waals surface area contributed by atoms with E-state index in [0.717, 1.165) is 31.2 Å². The second-order valence-corrected chi connectivity index (χ2v) is 5.97. The molecule has 0 atom stereocenters. The number of aliphatic imine (C=N–C) groups is 1. The van der Waals surface area contributed by atoms with Crippen LogP contribution in [0.5, 0.6) is 0 Å². The summed E-state index contributed by atoms with van der Waals surface area (Å²) in [7, 11) is 0. The summed E-state index contributed by atoms with van der Waals surface area (Å²) in [4.78, 5) is 10.4. The third kappa shape index (κ3) is 5.64. The molecule has 108 valence electrons. The number of nitrogens with zero attached hydrogens (tertiary/aromatic N) is 2. The highest BCUT2D eigenvalue weighted by atomic mass is 127. The topological polar surface area (TPSA) is 49.3 Å². The molecule has 1 aromatic heterocycles. The fourth-order valence-corrected chi connectivity index (χ4v) is 2.57. The molecule has 0 amide bonds. The Hall–Kier alpha value is -0.370. The Balaban J connectivity index is 0.00000180. The molecule has 1 fully saturated rings. The minimum absolute atomic E-state index is 0. The van der Waals surface area contributed by atoms with E-state index in [9.17, 15) is 0 Å². The van der Waals surface area contributed by atoms with Crippen LogP contribution in [0.15, 0.2) is 4.99 Å². The number of rotatable bonds is 5. The van der Waals surface area contributed by atoms with E-state index in [1.165, 1.54) is 22.7 Å².